The first-order valence-electron chi connectivity index (χ1n) is 6.14. The lowest BCUT2D eigenvalue weighted by Crippen LogP contribution is -2.30. The van der Waals surface area contributed by atoms with E-state index in [9.17, 15) is 13.6 Å². The predicted octanol–water partition coefficient (Wildman–Crippen LogP) is 4.13. The van der Waals surface area contributed by atoms with Crippen molar-refractivity contribution < 1.29 is 18.3 Å². The summed E-state index contributed by atoms with van der Waals surface area (Å²) in [4.78, 5) is 11.9. The molecule has 0 aromatic heterocycles. The molecule has 0 radical (unpaired) electrons. The molecule has 0 aliphatic carbocycles. The Morgan fingerprint density at radius 1 is 1.14 bits per heavy atom. The van der Waals surface area contributed by atoms with Crippen LogP contribution in [0.5, 0.6) is 5.75 Å². The van der Waals surface area contributed by atoms with E-state index in [0.29, 0.717) is 5.75 Å². The fourth-order valence-electron chi connectivity index (χ4n) is 1.61. The molecule has 2 rings (SSSR count). The van der Waals surface area contributed by atoms with Crippen LogP contribution in [0, 0.1) is 11.6 Å². The van der Waals surface area contributed by atoms with Gasteiger partial charge in [-0.3, -0.25) is 4.79 Å². The Labute approximate surface area is 129 Å². The molecule has 2 aromatic carbocycles. The summed E-state index contributed by atoms with van der Waals surface area (Å²) in [7, 11) is 0. The molecule has 0 saturated heterocycles. The Morgan fingerprint density at radius 2 is 1.71 bits per heavy atom. The van der Waals surface area contributed by atoms with Crippen molar-refractivity contribution in [1.82, 2.24) is 0 Å². The van der Waals surface area contributed by atoms with E-state index in [4.69, 9.17) is 4.74 Å². The van der Waals surface area contributed by atoms with Crippen LogP contribution in [0.3, 0.4) is 0 Å². The largest absolute Gasteiger partial charge is 0.481 e. The molecule has 0 saturated carbocycles. The van der Waals surface area contributed by atoms with Crippen molar-refractivity contribution in [2.75, 3.05) is 5.32 Å². The topological polar surface area (TPSA) is 38.3 Å². The molecule has 6 heteroatoms. The maximum Gasteiger partial charge on any atom is 0.265 e. The first kappa shape index (κ1) is 15.4. The van der Waals surface area contributed by atoms with Crippen LogP contribution in [-0.2, 0) is 4.79 Å². The van der Waals surface area contributed by atoms with Crippen LogP contribution < -0.4 is 10.1 Å². The number of para-hydroxylation sites is 1. The number of hydrogen-bond acceptors (Lipinski definition) is 2. The number of hydrogen-bond donors (Lipinski definition) is 1. The lowest BCUT2D eigenvalue weighted by atomic mass is 10.2. The van der Waals surface area contributed by atoms with Crippen LogP contribution in [0.2, 0.25) is 0 Å². The summed E-state index contributed by atoms with van der Waals surface area (Å²) < 4.78 is 33.2. The van der Waals surface area contributed by atoms with Gasteiger partial charge in [-0.2, -0.15) is 0 Å². The van der Waals surface area contributed by atoms with Gasteiger partial charge in [0.05, 0.1) is 0 Å². The zero-order valence-corrected chi connectivity index (χ0v) is 12.7. The second-order valence-corrected chi connectivity index (χ2v) is 5.22. The molecule has 3 nitrogen and oxygen atoms in total. The van der Waals surface area contributed by atoms with E-state index in [1.54, 1.807) is 24.3 Å². The van der Waals surface area contributed by atoms with Crippen molar-refractivity contribution in [2.24, 2.45) is 0 Å². The second-order valence-electron chi connectivity index (χ2n) is 4.30. The first-order chi connectivity index (χ1) is 9.97. The molecule has 1 amide bonds. The van der Waals surface area contributed by atoms with E-state index in [0.717, 1.165) is 16.6 Å². The second kappa shape index (κ2) is 6.67. The monoisotopic (exact) mass is 355 g/mol. The van der Waals surface area contributed by atoms with Crippen molar-refractivity contribution >= 4 is 27.5 Å². The van der Waals surface area contributed by atoms with E-state index in [1.807, 2.05) is 0 Å². The van der Waals surface area contributed by atoms with Gasteiger partial charge in [-0.1, -0.05) is 22.0 Å². The number of anilines is 1. The molecule has 0 heterocycles. The quantitative estimate of drug-likeness (QED) is 0.895. The lowest BCUT2D eigenvalue weighted by molar-refractivity contribution is -0.122. The van der Waals surface area contributed by atoms with Gasteiger partial charge < -0.3 is 10.1 Å². The van der Waals surface area contributed by atoms with Gasteiger partial charge in [0.1, 0.15) is 23.1 Å². The fourth-order valence-corrected chi connectivity index (χ4v) is 1.88. The molecule has 1 unspecified atom stereocenters. The highest BCUT2D eigenvalue weighted by Crippen LogP contribution is 2.20. The van der Waals surface area contributed by atoms with Gasteiger partial charge in [-0.05, 0) is 43.3 Å². The van der Waals surface area contributed by atoms with E-state index in [-0.39, 0.29) is 0 Å². The maximum atomic E-state index is 13.4. The van der Waals surface area contributed by atoms with E-state index >= 15 is 0 Å². The highest BCUT2D eigenvalue weighted by Gasteiger charge is 2.18. The van der Waals surface area contributed by atoms with Crippen LogP contribution in [0.4, 0.5) is 14.5 Å². The number of rotatable bonds is 4. The minimum Gasteiger partial charge on any atom is -0.481 e. The smallest absolute Gasteiger partial charge is 0.265 e. The SMILES string of the molecule is CC(Oc1ccc(Br)cc1)C(=O)Nc1c(F)cccc1F. The lowest BCUT2D eigenvalue weighted by Gasteiger charge is -2.15. The molecule has 1 N–H and O–H groups in total. The Kier molecular flexibility index (Phi) is 4.90. The molecule has 0 aliphatic heterocycles. The number of ether oxygens (including phenoxy) is 1. The Balaban J connectivity index is 2.04. The third-order valence-electron chi connectivity index (χ3n) is 2.71. The van der Waals surface area contributed by atoms with Crippen molar-refractivity contribution in [1.29, 1.82) is 0 Å². The number of carbonyl (C=O) groups excluding carboxylic acids is 1. The number of halogens is 3. The highest BCUT2D eigenvalue weighted by atomic mass is 79.9. The van der Waals surface area contributed by atoms with Crippen LogP contribution in [0.25, 0.3) is 0 Å². The Bertz CT molecular complexity index is 626. The maximum absolute atomic E-state index is 13.4. The summed E-state index contributed by atoms with van der Waals surface area (Å²) in [5, 5.41) is 2.19. The molecule has 0 fully saturated rings. The van der Waals surface area contributed by atoms with Gasteiger partial charge in [0.25, 0.3) is 5.91 Å². The average molecular weight is 356 g/mol. The van der Waals surface area contributed by atoms with Crippen molar-refractivity contribution in [3.8, 4) is 5.75 Å². The van der Waals surface area contributed by atoms with Crippen molar-refractivity contribution in [3.63, 3.8) is 0 Å². The zero-order chi connectivity index (χ0) is 15.4. The van der Waals surface area contributed by atoms with Crippen molar-refractivity contribution in [3.05, 3.63) is 58.6 Å². The molecular weight excluding hydrogens is 344 g/mol. The first-order valence-corrected chi connectivity index (χ1v) is 6.94. The van der Waals surface area contributed by atoms with Gasteiger partial charge in [0, 0.05) is 4.47 Å². The van der Waals surface area contributed by atoms with Gasteiger partial charge in [0.2, 0.25) is 0 Å². The van der Waals surface area contributed by atoms with Gasteiger partial charge in [0.15, 0.2) is 6.10 Å². The molecule has 110 valence electrons. The predicted molar refractivity (Wildman–Crippen MR) is 79.2 cm³/mol. The summed E-state index contributed by atoms with van der Waals surface area (Å²) in [6.07, 6.45) is -0.898. The fraction of sp³-hybridized carbons (Fsp3) is 0.133. The van der Waals surface area contributed by atoms with E-state index < -0.39 is 29.3 Å². The zero-order valence-electron chi connectivity index (χ0n) is 11.1. The summed E-state index contributed by atoms with van der Waals surface area (Å²) in [5.41, 5.74) is -0.478. The van der Waals surface area contributed by atoms with Crippen LogP contribution in [0.15, 0.2) is 46.9 Å². The van der Waals surface area contributed by atoms with Crippen LogP contribution in [0.1, 0.15) is 6.92 Å². The normalized spacial score (nSPS) is 11.8. The summed E-state index contributed by atoms with van der Waals surface area (Å²) in [5.74, 6) is -1.82. The molecule has 0 spiro atoms. The third kappa shape index (κ3) is 4.01. The van der Waals surface area contributed by atoms with Gasteiger partial charge in [-0.15, -0.1) is 0 Å². The number of carbonyl (C=O) groups is 1. The van der Waals surface area contributed by atoms with E-state index in [2.05, 4.69) is 21.2 Å². The average Bonchev–Trinajstić information content (AvgIpc) is 2.45. The van der Waals surface area contributed by atoms with Crippen LogP contribution >= 0.6 is 15.9 Å². The molecular formula is C15H12BrF2NO2. The number of benzene rings is 2. The molecule has 2 aromatic rings. The van der Waals surface area contributed by atoms with Gasteiger partial charge in [-0.25, -0.2) is 8.78 Å². The Morgan fingerprint density at radius 3 is 2.29 bits per heavy atom. The highest BCUT2D eigenvalue weighted by molar-refractivity contribution is 9.10. The number of amides is 1. The van der Waals surface area contributed by atoms with E-state index in [1.165, 1.54) is 13.0 Å². The van der Waals surface area contributed by atoms with Crippen LogP contribution in [-0.4, -0.2) is 12.0 Å². The minimum absolute atomic E-state index is 0.478. The molecule has 1 atom stereocenters. The summed E-state index contributed by atoms with van der Waals surface area (Å²) >= 11 is 3.28. The minimum atomic E-state index is -0.898. The van der Waals surface area contributed by atoms with Crippen molar-refractivity contribution in [2.45, 2.75) is 13.0 Å². The third-order valence-corrected chi connectivity index (χ3v) is 3.24. The molecule has 0 bridgehead atoms. The summed E-state index contributed by atoms with van der Waals surface area (Å²) in [6, 6.07) is 10.2. The Hall–Kier alpha value is -1.95. The summed E-state index contributed by atoms with van der Waals surface area (Å²) in [6.45, 7) is 1.50. The number of nitrogens with one attached hydrogen (secondary N) is 1. The standard InChI is InChI=1S/C15H12BrF2NO2/c1-9(21-11-7-5-10(16)6-8-11)15(20)19-14-12(17)3-2-4-13(14)18/h2-9H,1H3,(H,19,20). The molecule has 21 heavy (non-hydrogen) atoms. The molecule has 0 aliphatic rings. The van der Waals surface area contributed by atoms with Gasteiger partial charge >= 0.3 is 0 Å².